The molecular formula is C3H7FO3S. The van der Waals surface area contributed by atoms with E-state index in [1.54, 1.807) is 0 Å². The summed E-state index contributed by atoms with van der Waals surface area (Å²) in [4.78, 5) is 0. The minimum atomic E-state index is -2.33. The second kappa shape index (κ2) is 3.94. The van der Waals surface area contributed by atoms with Crippen molar-refractivity contribution in [2.75, 3.05) is 6.61 Å². The van der Waals surface area contributed by atoms with Gasteiger partial charge >= 0.3 is 11.4 Å². The van der Waals surface area contributed by atoms with Gasteiger partial charge in [0.2, 0.25) is 0 Å². The van der Waals surface area contributed by atoms with Crippen LogP contribution >= 0.6 is 0 Å². The number of alkyl halides is 1. The Labute approximate surface area is 49.3 Å². The Kier molecular flexibility index (Phi) is 3.94. The number of rotatable bonds is 3. The fourth-order valence-electron chi connectivity index (χ4n) is 0.152. The normalized spacial score (nSPS) is 17.9. The summed E-state index contributed by atoms with van der Waals surface area (Å²) < 4.78 is 33.2. The van der Waals surface area contributed by atoms with Crippen molar-refractivity contribution in [1.82, 2.24) is 0 Å². The Balaban J connectivity index is 3.05. The molecule has 0 aliphatic rings. The van der Waals surface area contributed by atoms with E-state index in [-0.39, 0.29) is 6.61 Å². The van der Waals surface area contributed by atoms with Gasteiger partial charge in [0.15, 0.2) is 0 Å². The predicted octanol–water partition coefficient (Wildman–Crippen LogP) is 0.498. The van der Waals surface area contributed by atoms with Crippen molar-refractivity contribution >= 4 is 11.4 Å². The molecule has 0 saturated heterocycles. The van der Waals surface area contributed by atoms with E-state index in [2.05, 4.69) is 4.18 Å². The highest BCUT2D eigenvalue weighted by Gasteiger charge is 1.99. The van der Waals surface area contributed by atoms with Crippen molar-refractivity contribution in [1.29, 1.82) is 0 Å². The molecular weight excluding hydrogens is 135 g/mol. The first-order chi connectivity index (χ1) is 3.63. The van der Waals surface area contributed by atoms with Crippen LogP contribution in [0.1, 0.15) is 6.92 Å². The molecule has 0 rings (SSSR count). The highest BCUT2D eigenvalue weighted by molar-refractivity contribution is 7.74. The van der Waals surface area contributed by atoms with Gasteiger partial charge in [0, 0.05) is 0 Å². The molecule has 0 bridgehead atoms. The van der Waals surface area contributed by atoms with Crippen molar-refractivity contribution in [2.45, 2.75) is 13.1 Å². The molecule has 0 saturated carbocycles. The summed E-state index contributed by atoms with van der Waals surface area (Å²) in [6.45, 7) is 0.913. The van der Waals surface area contributed by atoms with Gasteiger partial charge in [0.05, 0.1) is 6.61 Å². The Hall–Kier alpha value is -0.0000000000000000486. The summed E-state index contributed by atoms with van der Waals surface area (Å²) in [5.74, 6) is 0. The molecule has 0 aliphatic carbocycles. The second-order valence-corrected chi connectivity index (χ2v) is 1.95. The fourth-order valence-corrected chi connectivity index (χ4v) is 0.456. The van der Waals surface area contributed by atoms with Crippen molar-refractivity contribution in [3.8, 4) is 0 Å². The topological polar surface area (TPSA) is 46.5 Å². The van der Waals surface area contributed by atoms with Crippen molar-refractivity contribution in [3.05, 3.63) is 0 Å². The molecule has 2 unspecified atom stereocenters. The van der Waals surface area contributed by atoms with Gasteiger partial charge in [-0.05, 0) is 6.92 Å². The van der Waals surface area contributed by atoms with Crippen LogP contribution < -0.4 is 0 Å². The van der Waals surface area contributed by atoms with Gasteiger partial charge < -0.3 is 0 Å². The highest BCUT2D eigenvalue weighted by Crippen LogP contribution is 1.89. The maximum Gasteiger partial charge on any atom is 0.301 e. The van der Waals surface area contributed by atoms with E-state index in [0.717, 1.165) is 0 Å². The summed E-state index contributed by atoms with van der Waals surface area (Å²) in [6, 6.07) is 0. The zero-order valence-electron chi connectivity index (χ0n) is 4.33. The highest BCUT2D eigenvalue weighted by atomic mass is 32.2. The molecule has 0 radical (unpaired) electrons. The van der Waals surface area contributed by atoms with Crippen LogP contribution in [0.3, 0.4) is 0 Å². The smallest absolute Gasteiger partial charge is 0.284 e. The van der Waals surface area contributed by atoms with E-state index >= 15 is 0 Å². The van der Waals surface area contributed by atoms with Crippen LogP contribution in [0.25, 0.3) is 0 Å². The third kappa shape index (κ3) is 6.00. The molecule has 0 aromatic rings. The lowest BCUT2D eigenvalue weighted by Crippen LogP contribution is -2.06. The average Bonchev–Trinajstić information content (AvgIpc) is 1.61. The molecule has 0 aromatic heterocycles. The molecule has 0 aliphatic heterocycles. The second-order valence-electron chi connectivity index (χ2n) is 1.28. The van der Waals surface area contributed by atoms with Gasteiger partial charge in [-0.25, -0.2) is 4.39 Å². The Bertz CT molecular complexity index is 84.6. The van der Waals surface area contributed by atoms with Crippen molar-refractivity contribution in [3.63, 3.8) is 0 Å². The molecule has 0 aromatic carbocycles. The molecule has 5 heteroatoms. The first-order valence-electron chi connectivity index (χ1n) is 2.01. The van der Waals surface area contributed by atoms with Gasteiger partial charge in [-0.1, -0.05) is 0 Å². The average molecular weight is 142 g/mol. The minimum absolute atomic E-state index is 0.330. The molecule has 3 nitrogen and oxygen atoms in total. The molecule has 0 heterocycles. The van der Waals surface area contributed by atoms with E-state index in [0.29, 0.717) is 0 Å². The third-order valence-corrected chi connectivity index (χ3v) is 0.736. The van der Waals surface area contributed by atoms with Gasteiger partial charge in [0.1, 0.15) is 6.17 Å². The Morgan fingerprint density at radius 1 is 2.00 bits per heavy atom. The van der Waals surface area contributed by atoms with Crippen LogP contribution in [-0.4, -0.2) is 21.5 Å². The fraction of sp³-hybridized carbons (Fsp3) is 1.00. The van der Waals surface area contributed by atoms with Crippen LogP contribution in [0.15, 0.2) is 0 Å². The van der Waals surface area contributed by atoms with Crippen LogP contribution in [0.5, 0.6) is 0 Å². The predicted molar refractivity (Wildman–Crippen MR) is 27.3 cm³/mol. The summed E-state index contributed by atoms with van der Waals surface area (Å²) in [5.41, 5.74) is 0. The van der Waals surface area contributed by atoms with Crippen LogP contribution in [0, 0.1) is 0 Å². The van der Waals surface area contributed by atoms with Gasteiger partial charge in [-0.2, -0.15) is 4.21 Å². The van der Waals surface area contributed by atoms with E-state index in [9.17, 15) is 8.60 Å². The summed E-state index contributed by atoms with van der Waals surface area (Å²) >= 11 is -2.33. The Morgan fingerprint density at radius 2 is 2.50 bits per heavy atom. The monoisotopic (exact) mass is 142 g/mol. The first-order valence-corrected chi connectivity index (χ1v) is 3.04. The lowest BCUT2D eigenvalue weighted by atomic mass is 10.5. The summed E-state index contributed by atoms with van der Waals surface area (Å²) in [7, 11) is 0. The molecule has 1 N–H and O–H groups in total. The number of halogens is 1. The number of hydrogen-bond donors (Lipinski definition) is 1. The lowest BCUT2D eigenvalue weighted by Gasteiger charge is -1.96. The first kappa shape index (κ1) is 8.00. The maximum absolute atomic E-state index is 11.7. The minimum Gasteiger partial charge on any atom is -0.284 e. The van der Waals surface area contributed by atoms with Crippen molar-refractivity contribution in [2.24, 2.45) is 0 Å². The molecule has 2 atom stereocenters. The lowest BCUT2D eigenvalue weighted by molar-refractivity contribution is 0.210. The van der Waals surface area contributed by atoms with Crippen molar-refractivity contribution < 1.29 is 17.3 Å². The standard InChI is InChI=1S/C3H7FO3S/c1-3(4)2-7-8(5)6/h3H,2H2,1H3,(H,5,6). The summed E-state index contributed by atoms with van der Waals surface area (Å²) in [5, 5.41) is 0. The van der Waals surface area contributed by atoms with Crippen LogP contribution in [0.2, 0.25) is 0 Å². The number of hydrogen-bond acceptors (Lipinski definition) is 2. The summed E-state index contributed by atoms with van der Waals surface area (Å²) in [6.07, 6.45) is -1.19. The molecule has 0 amide bonds. The van der Waals surface area contributed by atoms with Gasteiger partial charge in [-0.15, -0.1) is 0 Å². The quantitative estimate of drug-likeness (QED) is 0.583. The van der Waals surface area contributed by atoms with Gasteiger partial charge in [-0.3, -0.25) is 8.74 Å². The molecule has 0 fully saturated rings. The largest absolute Gasteiger partial charge is 0.301 e. The van der Waals surface area contributed by atoms with E-state index < -0.39 is 17.5 Å². The SMILES string of the molecule is CC(F)COS(=O)O. The molecule has 8 heavy (non-hydrogen) atoms. The Morgan fingerprint density at radius 3 is 2.62 bits per heavy atom. The van der Waals surface area contributed by atoms with Crippen LogP contribution in [-0.2, 0) is 15.5 Å². The molecule has 0 spiro atoms. The zero-order valence-corrected chi connectivity index (χ0v) is 5.15. The van der Waals surface area contributed by atoms with Crippen LogP contribution in [0.4, 0.5) is 4.39 Å². The van der Waals surface area contributed by atoms with E-state index in [1.165, 1.54) is 6.92 Å². The third-order valence-electron chi connectivity index (χ3n) is 0.399. The van der Waals surface area contributed by atoms with Gasteiger partial charge in [0.25, 0.3) is 0 Å². The molecule has 50 valence electrons. The zero-order chi connectivity index (χ0) is 6.57. The van der Waals surface area contributed by atoms with E-state index in [4.69, 9.17) is 4.55 Å². The van der Waals surface area contributed by atoms with E-state index in [1.807, 2.05) is 0 Å². The maximum atomic E-state index is 11.7.